The van der Waals surface area contributed by atoms with E-state index in [0.29, 0.717) is 22.1 Å². The van der Waals surface area contributed by atoms with Crippen LogP contribution < -0.4 is 9.64 Å². The van der Waals surface area contributed by atoms with Crippen molar-refractivity contribution in [3.63, 3.8) is 0 Å². The van der Waals surface area contributed by atoms with E-state index < -0.39 is 0 Å². The maximum Gasteiger partial charge on any atom is 0.263 e. The van der Waals surface area contributed by atoms with Crippen LogP contribution in [-0.4, -0.2) is 13.0 Å². The molecule has 0 fully saturated rings. The van der Waals surface area contributed by atoms with Gasteiger partial charge in [0.25, 0.3) is 5.91 Å². The standard InChI is InChI=1S/C28H20ClNO3/c1-32-24-12-10-23(11-13-24)30-26(19-6-3-2-4-7-19)18-21(28(30)31)17-25-14-15-27(33-25)20-8-5-9-22(29)16-20/h2-18H,1H3/b21-17-. The monoisotopic (exact) mass is 453 g/mol. The molecule has 0 atom stereocenters. The van der Waals surface area contributed by atoms with Crippen LogP contribution in [-0.2, 0) is 4.79 Å². The molecule has 0 bridgehead atoms. The number of amides is 1. The number of furan rings is 1. The first-order valence-electron chi connectivity index (χ1n) is 10.5. The van der Waals surface area contributed by atoms with Crippen molar-refractivity contribution in [3.05, 3.63) is 119 Å². The van der Waals surface area contributed by atoms with Crippen molar-refractivity contribution in [2.45, 2.75) is 0 Å². The van der Waals surface area contributed by atoms with Gasteiger partial charge in [0, 0.05) is 21.8 Å². The average molecular weight is 454 g/mol. The molecule has 0 unspecified atom stereocenters. The van der Waals surface area contributed by atoms with Crippen LogP contribution in [0.3, 0.4) is 0 Å². The Morgan fingerprint density at radius 2 is 1.64 bits per heavy atom. The van der Waals surface area contributed by atoms with E-state index in [2.05, 4.69) is 0 Å². The summed E-state index contributed by atoms with van der Waals surface area (Å²) in [5.74, 6) is 1.89. The lowest BCUT2D eigenvalue weighted by atomic mass is 10.1. The molecule has 1 aliphatic heterocycles. The van der Waals surface area contributed by atoms with Crippen molar-refractivity contribution in [1.29, 1.82) is 0 Å². The summed E-state index contributed by atoms with van der Waals surface area (Å²) >= 11 is 6.11. The fraction of sp³-hybridized carbons (Fsp3) is 0.0357. The van der Waals surface area contributed by atoms with E-state index in [9.17, 15) is 4.79 Å². The highest BCUT2D eigenvalue weighted by Crippen LogP contribution is 2.36. The number of anilines is 1. The Bertz CT molecular complexity index is 1370. The Morgan fingerprint density at radius 1 is 0.879 bits per heavy atom. The average Bonchev–Trinajstić information content (AvgIpc) is 3.45. The molecule has 33 heavy (non-hydrogen) atoms. The van der Waals surface area contributed by atoms with Gasteiger partial charge in [0.2, 0.25) is 0 Å². The third-order valence-electron chi connectivity index (χ3n) is 5.42. The SMILES string of the molecule is COc1ccc(N2C(=O)/C(=C\c3ccc(-c4cccc(Cl)c4)o3)C=C2c2ccccc2)cc1. The third kappa shape index (κ3) is 4.21. The molecule has 0 aliphatic carbocycles. The number of hydrogen-bond donors (Lipinski definition) is 0. The van der Waals surface area contributed by atoms with Crippen LogP contribution in [0, 0.1) is 0 Å². The normalized spacial score (nSPS) is 14.6. The van der Waals surface area contributed by atoms with E-state index in [4.69, 9.17) is 20.8 Å². The molecule has 0 spiro atoms. The fourth-order valence-corrected chi connectivity index (χ4v) is 4.00. The van der Waals surface area contributed by atoms with Gasteiger partial charge in [0.05, 0.1) is 12.8 Å². The number of nitrogens with zero attached hydrogens (tertiary/aromatic N) is 1. The van der Waals surface area contributed by atoms with Crippen molar-refractivity contribution in [1.82, 2.24) is 0 Å². The Morgan fingerprint density at radius 3 is 2.36 bits per heavy atom. The van der Waals surface area contributed by atoms with Crippen LogP contribution in [0.2, 0.25) is 5.02 Å². The molecule has 162 valence electrons. The minimum absolute atomic E-state index is 0.125. The van der Waals surface area contributed by atoms with Crippen LogP contribution in [0.4, 0.5) is 5.69 Å². The first-order valence-corrected chi connectivity index (χ1v) is 10.8. The summed E-state index contributed by atoms with van der Waals surface area (Å²) in [6.07, 6.45) is 3.66. The Labute approximate surface area is 197 Å². The number of carbonyl (C=O) groups excluding carboxylic acids is 1. The predicted molar refractivity (Wildman–Crippen MR) is 132 cm³/mol. The molecule has 5 rings (SSSR count). The number of hydrogen-bond acceptors (Lipinski definition) is 3. The van der Waals surface area contributed by atoms with Crippen molar-refractivity contribution < 1.29 is 13.9 Å². The molecule has 1 aromatic heterocycles. The van der Waals surface area contributed by atoms with Crippen molar-refractivity contribution in [3.8, 4) is 17.1 Å². The second-order valence-corrected chi connectivity index (χ2v) is 7.98. The molecule has 1 aliphatic rings. The molecule has 0 saturated carbocycles. The Kier molecular flexibility index (Phi) is 5.59. The van der Waals surface area contributed by atoms with E-state index in [1.165, 1.54) is 0 Å². The van der Waals surface area contributed by atoms with Crippen LogP contribution in [0.1, 0.15) is 11.3 Å². The molecule has 1 amide bonds. The first kappa shape index (κ1) is 20.9. The van der Waals surface area contributed by atoms with Crippen LogP contribution >= 0.6 is 11.6 Å². The number of methoxy groups -OCH3 is 1. The molecule has 3 aromatic carbocycles. The van der Waals surface area contributed by atoms with Crippen LogP contribution in [0.25, 0.3) is 23.1 Å². The molecule has 4 aromatic rings. The predicted octanol–water partition coefficient (Wildman–Crippen LogP) is 7.08. The summed E-state index contributed by atoms with van der Waals surface area (Å²) in [6, 6.07) is 28.5. The van der Waals surface area contributed by atoms with Gasteiger partial charge in [0.1, 0.15) is 17.3 Å². The molecule has 2 heterocycles. The molecule has 4 nitrogen and oxygen atoms in total. The van der Waals surface area contributed by atoms with Gasteiger partial charge in [-0.1, -0.05) is 54.1 Å². The zero-order valence-electron chi connectivity index (χ0n) is 17.9. The molecular weight excluding hydrogens is 434 g/mol. The van der Waals surface area contributed by atoms with E-state index in [1.54, 1.807) is 18.1 Å². The zero-order valence-corrected chi connectivity index (χ0v) is 18.6. The van der Waals surface area contributed by atoms with Gasteiger partial charge in [-0.05, 0) is 66.2 Å². The molecule has 5 heteroatoms. The highest BCUT2D eigenvalue weighted by atomic mass is 35.5. The number of rotatable bonds is 5. The van der Waals surface area contributed by atoms with Crippen molar-refractivity contribution >= 4 is 35.0 Å². The van der Waals surface area contributed by atoms with E-state index >= 15 is 0 Å². The smallest absolute Gasteiger partial charge is 0.263 e. The van der Waals surface area contributed by atoms with Gasteiger partial charge in [-0.25, -0.2) is 0 Å². The summed E-state index contributed by atoms with van der Waals surface area (Å²) in [5, 5.41) is 0.639. The van der Waals surface area contributed by atoms with E-state index in [-0.39, 0.29) is 5.91 Å². The van der Waals surface area contributed by atoms with Gasteiger partial charge in [-0.3, -0.25) is 9.69 Å². The zero-order chi connectivity index (χ0) is 22.8. The number of carbonyl (C=O) groups is 1. The summed E-state index contributed by atoms with van der Waals surface area (Å²) < 4.78 is 11.3. The summed E-state index contributed by atoms with van der Waals surface area (Å²) in [6.45, 7) is 0. The molecule has 0 radical (unpaired) electrons. The maximum absolute atomic E-state index is 13.5. The summed E-state index contributed by atoms with van der Waals surface area (Å²) in [5.41, 5.74) is 3.93. The third-order valence-corrected chi connectivity index (χ3v) is 5.65. The number of ether oxygens (including phenoxy) is 1. The highest BCUT2D eigenvalue weighted by molar-refractivity contribution is 6.30. The highest BCUT2D eigenvalue weighted by Gasteiger charge is 2.30. The minimum Gasteiger partial charge on any atom is -0.497 e. The van der Waals surface area contributed by atoms with E-state index in [0.717, 1.165) is 28.3 Å². The lowest BCUT2D eigenvalue weighted by molar-refractivity contribution is -0.113. The lowest BCUT2D eigenvalue weighted by Crippen LogP contribution is -2.24. The quantitative estimate of drug-likeness (QED) is 0.303. The number of halogens is 1. The molecule has 0 N–H and O–H groups in total. The number of benzene rings is 3. The first-order chi connectivity index (χ1) is 16.1. The van der Waals surface area contributed by atoms with Gasteiger partial charge in [0.15, 0.2) is 0 Å². The van der Waals surface area contributed by atoms with Gasteiger partial charge in [-0.2, -0.15) is 0 Å². The van der Waals surface area contributed by atoms with E-state index in [1.807, 2.05) is 97.1 Å². The van der Waals surface area contributed by atoms with Crippen molar-refractivity contribution in [2.24, 2.45) is 0 Å². The summed E-state index contributed by atoms with van der Waals surface area (Å²) in [7, 11) is 1.62. The second-order valence-electron chi connectivity index (χ2n) is 7.55. The summed E-state index contributed by atoms with van der Waals surface area (Å²) in [4.78, 5) is 15.2. The van der Waals surface area contributed by atoms with Crippen LogP contribution in [0.5, 0.6) is 5.75 Å². The van der Waals surface area contributed by atoms with Gasteiger partial charge in [-0.15, -0.1) is 0 Å². The lowest BCUT2D eigenvalue weighted by Gasteiger charge is -2.21. The maximum atomic E-state index is 13.5. The fourth-order valence-electron chi connectivity index (χ4n) is 3.81. The topological polar surface area (TPSA) is 42.7 Å². The van der Waals surface area contributed by atoms with Crippen LogP contribution in [0.15, 0.2) is 107 Å². The Balaban J connectivity index is 1.53. The van der Waals surface area contributed by atoms with Crippen molar-refractivity contribution in [2.75, 3.05) is 12.0 Å². The molecular formula is C28H20ClNO3. The Hall–Kier alpha value is -4.02. The van der Waals surface area contributed by atoms with Gasteiger partial charge < -0.3 is 9.15 Å². The van der Waals surface area contributed by atoms with Gasteiger partial charge >= 0.3 is 0 Å². The minimum atomic E-state index is -0.125. The molecule has 0 saturated heterocycles. The largest absolute Gasteiger partial charge is 0.497 e. The second kappa shape index (κ2) is 8.85.